The summed E-state index contributed by atoms with van der Waals surface area (Å²) in [5, 5.41) is 0.440. The Kier molecular flexibility index (Phi) is 2.78. The molecule has 0 fully saturated rings. The number of ether oxygens (including phenoxy) is 1. The van der Waals surface area contributed by atoms with Gasteiger partial charge in [0.2, 0.25) is 0 Å². The Balaban J connectivity index is 3.01. The van der Waals surface area contributed by atoms with Crippen LogP contribution in [-0.2, 0) is 0 Å². The van der Waals surface area contributed by atoms with Crippen molar-refractivity contribution < 1.29 is 4.74 Å². The first-order valence-electron chi connectivity index (χ1n) is 4.52. The van der Waals surface area contributed by atoms with Crippen LogP contribution in [0.25, 0.3) is 10.9 Å². The van der Waals surface area contributed by atoms with E-state index in [0.29, 0.717) is 10.9 Å². The van der Waals surface area contributed by atoms with Gasteiger partial charge in [-0.2, -0.15) is 0 Å². The predicted molar refractivity (Wildman–Crippen MR) is 65.1 cm³/mol. The summed E-state index contributed by atoms with van der Waals surface area (Å²) in [6.07, 6.45) is 0. The van der Waals surface area contributed by atoms with E-state index in [1.54, 1.807) is 18.2 Å². The molecule has 0 saturated carbocycles. The largest absolute Gasteiger partial charge is 0.491 e. The molecule has 0 amide bonds. The molecule has 16 heavy (non-hydrogen) atoms. The summed E-state index contributed by atoms with van der Waals surface area (Å²) in [6, 6.07) is 6.27. The molecule has 1 heterocycles. The van der Waals surface area contributed by atoms with E-state index in [9.17, 15) is 9.59 Å². The minimum atomic E-state index is -0.420. The Hall–Kier alpha value is -1.62. The molecule has 5 heteroatoms. The molecule has 0 radical (unpaired) electrons. The van der Waals surface area contributed by atoms with Gasteiger partial charge in [-0.25, -0.2) is 0 Å². The van der Waals surface area contributed by atoms with Gasteiger partial charge in [-0.05, 0) is 18.2 Å². The Labute approximate surface area is 99.0 Å². The molecule has 0 aliphatic carbocycles. The van der Waals surface area contributed by atoms with Crippen molar-refractivity contribution in [1.82, 2.24) is 4.98 Å². The van der Waals surface area contributed by atoms with E-state index in [1.807, 2.05) is 0 Å². The van der Waals surface area contributed by atoms with Crippen LogP contribution in [-0.4, -0.2) is 12.1 Å². The minimum Gasteiger partial charge on any atom is -0.491 e. The molecule has 2 aromatic rings. The molecule has 0 aliphatic rings. The lowest BCUT2D eigenvalue weighted by Gasteiger charge is -1.91. The van der Waals surface area contributed by atoms with E-state index in [1.165, 1.54) is 13.2 Å². The van der Waals surface area contributed by atoms with E-state index in [0.717, 1.165) is 4.47 Å². The Morgan fingerprint density at radius 1 is 1.25 bits per heavy atom. The van der Waals surface area contributed by atoms with Crippen molar-refractivity contribution in [2.45, 2.75) is 0 Å². The number of fused-ring (bicyclic) bond motifs is 1. The quantitative estimate of drug-likeness (QED) is 0.865. The summed E-state index contributed by atoms with van der Waals surface area (Å²) in [6.45, 7) is 0. The monoisotopic (exact) mass is 281 g/mol. The summed E-state index contributed by atoms with van der Waals surface area (Å²) in [7, 11) is 1.35. The van der Waals surface area contributed by atoms with Gasteiger partial charge in [-0.15, -0.1) is 0 Å². The van der Waals surface area contributed by atoms with Gasteiger partial charge in [0.25, 0.3) is 5.56 Å². The fourth-order valence-corrected chi connectivity index (χ4v) is 1.79. The molecule has 0 spiro atoms. The van der Waals surface area contributed by atoms with Crippen LogP contribution in [0.3, 0.4) is 0 Å². The topological polar surface area (TPSA) is 59.2 Å². The Morgan fingerprint density at radius 2 is 2.00 bits per heavy atom. The number of nitrogens with one attached hydrogen (secondary N) is 1. The maximum Gasteiger partial charge on any atom is 0.290 e. The third-order valence-electron chi connectivity index (χ3n) is 2.20. The van der Waals surface area contributed by atoms with Crippen molar-refractivity contribution in [2.24, 2.45) is 0 Å². The van der Waals surface area contributed by atoms with Crippen LogP contribution in [0.4, 0.5) is 0 Å². The number of rotatable bonds is 1. The van der Waals surface area contributed by atoms with Crippen LogP contribution in [0, 0.1) is 0 Å². The molecule has 2 rings (SSSR count). The van der Waals surface area contributed by atoms with Crippen LogP contribution in [0.15, 0.2) is 38.3 Å². The average Bonchev–Trinajstić information content (AvgIpc) is 2.37. The third kappa shape index (κ3) is 1.86. The highest BCUT2D eigenvalue weighted by Gasteiger charge is 2.03. The number of benzene rings is 1. The minimum absolute atomic E-state index is 0.0114. The number of hydrogen-bond donors (Lipinski definition) is 1. The lowest BCUT2D eigenvalue weighted by molar-refractivity contribution is 0.409. The first kappa shape index (κ1) is 10.9. The van der Waals surface area contributed by atoms with E-state index in [4.69, 9.17) is 4.74 Å². The second kappa shape index (κ2) is 4.09. The van der Waals surface area contributed by atoms with Crippen LogP contribution in [0.2, 0.25) is 0 Å². The molecular formula is C11H8BrNO3. The van der Waals surface area contributed by atoms with Crippen molar-refractivity contribution in [3.8, 4) is 5.75 Å². The van der Waals surface area contributed by atoms with Gasteiger partial charge in [0.05, 0.1) is 12.6 Å². The first-order valence-corrected chi connectivity index (χ1v) is 5.32. The van der Waals surface area contributed by atoms with Gasteiger partial charge in [0.1, 0.15) is 0 Å². The van der Waals surface area contributed by atoms with Crippen molar-refractivity contribution >= 4 is 26.8 Å². The standard InChI is InChI=1S/C11H8BrNO3/c1-16-10-5-9(14)7-4-6(12)2-3-8(7)13-11(10)15/h2-5H,1H3,(H,13,15). The molecule has 82 valence electrons. The van der Waals surface area contributed by atoms with Crippen LogP contribution < -0.4 is 15.7 Å². The molecule has 1 aromatic carbocycles. The number of hydrogen-bond acceptors (Lipinski definition) is 3. The number of halogens is 1. The van der Waals surface area contributed by atoms with Gasteiger partial charge in [-0.1, -0.05) is 15.9 Å². The number of aromatic amines is 1. The molecular weight excluding hydrogens is 274 g/mol. The average molecular weight is 282 g/mol. The first-order chi connectivity index (χ1) is 7.61. The predicted octanol–water partition coefficient (Wildman–Crippen LogP) is 1.66. The van der Waals surface area contributed by atoms with Crippen molar-refractivity contribution in [3.05, 3.63) is 49.3 Å². The van der Waals surface area contributed by atoms with E-state index < -0.39 is 5.56 Å². The highest BCUT2D eigenvalue weighted by atomic mass is 79.9. The fourth-order valence-electron chi connectivity index (χ4n) is 1.43. The lowest BCUT2D eigenvalue weighted by Crippen LogP contribution is -2.05. The van der Waals surface area contributed by atoms with E-state index in [2.05, 4.69) is 20.9 Å². The second-order valence-electron chi connectivity index (χ2n) is 3.22. The van der Waals surface area contributed by atoms with Gasteiger partial charge in [-0.3, -0.25) is 9.59 Å². The van der Waals surface area contributed by atoms with Crippen molar-refractivity contribution in [2.75, 3.05) is 7.11 Å². The highest BCUT2D eigenvalue weighted by Crippen LogP contribution is 2.14. The Morgan fingerprint density at radius 3 is 2.69 bits per heavy atom. The molecule has 1 N–H and O–H groups in total. The van der Waals surface area contributed by atoms with Gasteiger partial charge >= 0.3 is 0 Å². The van der Waals surface area contributed by atoms with Gasteiger partial charge < -0.3 is 9.72 Å². The summed E-state index contributed by atoms with van der Waals surface area (Å²) in [5.41, 5.74) is -0.190. The van der Waals surface area contributed by atoms with Crippen molar-refractivity contribution in [1.29, 1.82) is 0 Å². The Bertz CT molecular complexity index is 663. The zero-order valence-electron chi connectivity index (χ0n) is 8.41. The van der Waals surface area contributed by atoms with Crippen LogP contribution >= 0.6 is 15.9 Å². The van der Waals surface area contributed by atoms with Crippen LogP contribution in [0.1, 0.15) is 0 Å². The smallest absolute Gasteiger partial charge is 0.290 e. The zero-order chi connectivity index (χ0) is 11.7. The number of H-pyrrole nitrogens is 1. The molecule has 0 saturated heterocycles. The molecule has 0 unspecified atom stereocenters. The number of methoxy groups -OCH3 is 1. The summed E-state index contributed by atoms with van der Waals surface area (Å²) in [5.74, 6) is 0.0114. The molecule has 0 bridgehead atoms. The SMILES string of the molecule is COc1cc(=O)c2cc(Br)ccc2[nH]c1=O. The summed E-state index contributed by atoms with van der Waals surface area (Å²) < 4.78 is 5.61. The summed E-state index contributed by atoms with van der Waals surface area (Å²) >= 11 is 3.27. The maximum atomic E-state index is 11.8. The zero-order valence-corrected chi connectivity index (χ0v) is 10.00. The molecule has 0 atom stereocenters. The number of aromatic nitrogens is 1. The highest BCUT2D eigenvalue weighted by molar-refractivity contribution is 9.10. The normalized spacial score (nSPS) is 10.4. The lowest BCUT2D eigenvalue weighted by atomic mass is 10.2. The fraction of sp³-hybridized carbons (Fsp3) is 0.0909. The summed E-state index contributed by atoms with van der Waals surface area (Å²) in [4.78, 5) is 26.0. The molecule has 0 aliphatic heterocycles. The van der Waals surface area contributed by atoms with Crippen LogP contribution in [0.5, 0.6) is 5.75 Å². The second-order valence-corrected chi connectivity index (χ2v) is 4.14. The van der Waals surface area contributed by atoms with Gasteiger partial charge in [0.15, 0.2) is 11.2 Å². The van der Waals surface area contributed by atoms with E-state index >= 15 is 0 Å². The van der Waals surface area contributed by atoms with Crippen molar-refractivity contribution in [3.63, 3.8) is 0 Å². The van der Waals surface area contributed by atoms with Gasteiger partial charge in [0, 0.05) is 15.9 Å². The maximum absolute atomic E-state index is 11.8. The third-order valence-corrected chi connectivity index (χ3v) is 2.69. The molecule has 4 nitrogen and oxygen atoms in total. The molecule has 1 aromatic heterocycles. The van der Waals surface area contributed by atoms with E-state index in [-0.39, 0.29) is 11.2 Å².